The summed E-state index contributed by atoms with van der Waals surface area (Å²) in [5.74, 6) is 0.823. The lowest BCUT2D eigenvalue weighted by Gasteiger charge is -2.03. The molecule has 19 heavy (non-hydrogen) atoms. The molecule has 3 heteroatoms. The van der Waals surface area contributed by atoms with E-state index in [-0.39, 0.29) is 0 Å². The molecular formula is C16H17NO2. The Bertz CT molecular complexity index is 564. The number of aryl methyl sites for hydroxylation is 1. The molecule has 2 aromatic carbocycles. The van der Waals surface area contributed by atoms with E-state index in [1.54, 1.807) is 13.3 Å². The average Bonchev–Trinajstić information content (AvgIpc) is 2.45. The zero-order chi connectivity index (χ0) is 13.5. The Labute approximate surface area is 113 Å². The summed E-state index contributed by atoms with van der Waals surface area (Å²) in [7, 11) is 1.65. The van der Waals surface area contributed by atoms with Crippen LogP contribution in [0.2, 0.25) is 0 Å². The van der Waals surface area contributed by atoms with Gasteiger partial charge < -0.3 is 9.57 Å². The summed E-state index contributed by atoms with van der Waals surface area (Å²) in [4.78, 5) is 5.29. The van der Waals surface area contributed by atoms with Crippen molar-refractivity contribution in [1.82, 2.24) is 0 Å². The SMILES string of the molecule is COc1cccc(CON=Cc2ccccc2C)c1. The molecule has 0 aliphatic rings. The van der Waals surface area contributed by atoms with Crippen molar-refractivity contribution in [3.8, 4) is 5.75 Å². The first kappa shape index (κ1) is 13.1. The number of ether oxygens (including phenoxy) is 1. The van der Waals surface area contributed by atoms with Crippen LogP contribution < -0.4 is 4.74 Å². The first-order valence-electron chi connectivity index (χ1n) is 6.13. The van der Waals surface area contributed by atoms with Crippen LogP contribution >= 0.6 is 0 Å². The summed E-state index contributed by atoms with van der Waals surface area (Å²) in [6.45, 7) is 2.48. The Balaban J connectivity index is 1.91. The maximum absolute atomic E-state index is 5.29. The number of nitrogens with zero attached hydrogens (tertiary/aromatic N) is 1. The van der Waals surface area contributed by atoms with Gasteiger partial charge in [-0.15, -0.1) is 0 Å². The molecule has 0 N–H and O–H groups in total. The highest BCUT2D eigenvalue weighted by Crippen LogP contribution is 2.13. The van der Waals surface area contributed by atoms with Gasteiger partial charge in [0, 0.05) is 0 Å². The van der Waals surface area contributed by atoms with Crippen molar-refractivity contribution in [3.05, 3.63) is 65.2 Å². The molecule has 0 radical (unpaired) electrons. The van der Waals surface area contributed by atoms with E-state index in [2.05, 4.69) is 5.16 Å². The Morgan fingerprint density at radius 2 is 1.95 bits per heavy atom. The molecule has 0 bridgehead atoms. The molecule has 0 heterocycles. The van der Waals surface area contributed by atoms with E-state index in [1.165, 1.54) is 5.56 Å². The quantitative estimate of drug-likeness (QED) is 0.604. The molecule has 98 valence electrons. The molecule has 0 aromatic heterocycles. The topological polar surface area (TPSA) is 30.8 Å². The fourth-order valence-corrected chi connectivity index (χ4v) is 1.70. The lowest BCUT2D eigenvalue weighted by atomic mass is 10.1. The van der Waals surface area contributed by atoms with E-state index in [0.29, 0.717) is 6.61 Å². The van der Waals surface area contributed by atoms with Crippen LogP contribution in [0, 0.1) is 6.92 Å². The predicted molar refractivity (Wildman–Crippen MR) is 76.6 cm³/mol. The lowest BCUT2D eigenvalue weighted by molar-refractivity contribution is 0.132. The van der Waals surface area contributed by atoms with Gasteiger partial charge in [0.25, 0.3) is 0 Å². The van der Waals surface area contributed by atoms with E-state index in [4.69, 9.17) is 9.57 Å². The van der Waals surface area contributed by atoms with Crippen molar-refractivity contribution in [2.75, 3.05) is 7.11 Å². The fourth-order valence-electron chi connectivity index (χ4n) is 1.70. The van der Waals surface area contributed by atoms with Crippen molar-refractivity contribution in [3.63, 3.8) is 0 Å². The van der Waals surface area contributed by atoms with Crippen molar-refractivity contribution in [1.29, 1.82) is 0 Å². The van der Waals surface area contributed by atoms with Crippen LogP contribution in [0.3, 0.4) is 0 Å². The van der Waals surface area contributed by atoms with Crippen LogP contribution in [-0.2, 0) is 11.4 Å². The second-order valence-corrected chi connectivity index (χ2v) is 4.22. The Kier molecular flexibility index (Phi) is 4.56. The Morgan fingerprint density at radius 1 is 1.11 bits per heavy atom. The van der Waals surface area contributed by atoms with Gasteiger partial charge >= 0.3 is 0 Å². The van der Waals surface area contributed by atoms with Crippen molar-refractivity contribution < 1.29 is 9.57 Å². The van der Waals surface area contributed by atoms with Gasteiger partial charge in [0.15, 0.2) is 0 Å². The molecule has 0 amide bonds. The number of rotatable bonds is 5. The third-order valence-corrected chi connectivity index (χ3v) is 2.82. The van der Waals surface area contributed by atoms with Crippen LogP contribution in [0.25, 0.3) is 0 Å². The first-order valence-corrected chi connectivity index (χ1v) is 6.13. The molecule has 2 rings (SSSR count). The van der Waals surface area contributed by atoms with E-state index in [1.807, 2.05) is 55.5 Å². The zero-order valence-corrected chi connectivity index (χ0v) is 11.2. The highest BCUT2D eigenvalue weighted by molar-refractivity contribution is 5.81. The molecule has 0 aliphatic heterocycles. The second-order valence-electron chi connectivity index (χ2n) is 4.22. The van der Waals surface area contributed by atoms with E-state index in [9.17, 15) is 0 Å². The second kappa shape index (κ2) is 6.59. The molecule has 2 aromatic rings. The number of hydrogen-bond donors (Lipinski definition) is 0. The number of hydrogen-bond acceptors (Lipinski definition) is 3. The van der Waals surface area contributed by atoms with Gasteiger partial charge in [0.2, 0.25) is 0 Å². The third kappa shape index (κ3) is 3.85. The molecular weight excluding hydrogens is 238 g/mol. The highest BCUT2D eigenvalue weighted by Gasteiger charge is 1.96. The van der Waals surface area contributed by atoms with Crippen LogP contribution in [0.1, 0.15) is 16.7 Å². The summed E-state index contributed by atoms with van der Waals surface area (Å²) >= 11 is 0. The maximum Gasteiger partial charge on any atom is 0.142 e. The minimum Gasteiger partial charge on any atom is -0.497 e. The molecule has 0 saturated heterocycles. The van der Waals surface area contributed by atoms with E-state index >= 15 is 0 Å². The Hall–Kier alpha value is -2.29. The van der Waals surface area contributed by atoms with Gasteiger partial charge in [0.1, 0.15) is 12.4 Å². The highest BCUT2D eigenvalue weighted by atomic mass is 16.6. The minimum atomic E-state index is 0.430. The van der Waals surface area contributed by atoms with Crippen LogP contribution in [0.5, 0.6) is 5.75 Å². The number of oxime groups is 1. The van der Waals surface area contributed by atoms with Crippen molar-refractivity contribution in [2.45, 2.75) is 13.5 Å². The van der Waals surface area contributed by atoms with Gasteiger partial charge in [-0.05, 0) is 35.7 Å². The number of benzene rings is 2. The third-order valence-electron chi connectivity index (χ3n) is 2.82. The normalized spacial score (nSPS) is 10.6. The van der Waals surface area contributed by atoms with Crippen LogP contribution in [0.15, 0.2) is 53.7 Å². The molecule has 0 unspecified atom stereocenters. The summed E-state index contributed by atoms with van der Waals surface area (Å²) < 4.78 is 5.15. The predicted octanol–water partition coefficient (Wildman–Crippen LogP) is 3.55. The van der Waals surface area contributed by atoms with Gasteiger partial charge in [0.05, 0.1) is 13.3 Å². The summed E-state index contributed by atoms with van der Waals surface area (Å²) in [6, 6.07) is 15.8. The van der Waals surface area contributed by atoms with Gasteiger partial charge in [-0.1, -0.05) is 41.6 Å². The average molecular weight is 255 g/mol. The lowest BCUT2D eigenvalue weighted by Crippen LogP contribution is -1.91. The molecule has 3 nitrogen and oxygen atoms in total. The van der Waals surface area contributed by atoms with Crippen molar-refractivity contribution >= 4 is 6.21 Å². The van der Waals surface area contributed by atoms with Crippen LogP contribution in [-0.4, -0.2) is 13.3 Å². The fraction of sp³-hybridized carbons (Fsp3) is 0.188. The summed E-state index contributed by atoms with van der Waals surface area (Å²) in [6.07, 6.45) is 1.73. The van der Waals surface area contributed by atoms with Gasteiger partial charge in [-0.25, -0.2) is 0 Å². The smallest absolute Gasteiger partial charge is 0.142 e. The molecule has 0 saturated carbocycles. The van der Waals surface area contributed by atoms with Crippen molar-refractivity contribution in [2.24, 2.45) is 5.16 Å². The van der Waals surface area contributed by atoms with Gasteiger partial charge in [-0.2, -0.15) is 0 Å². The van der Waals surface area contributed by atoms with Crippen LogP contribution in [0.4, 0.5) is 0 Å². The Morgan fingerprint density at radius 3 is 2.74 bits per heavy atom. The van der Waals surface area contributed by atoms with Gasteiger partial charge in [-0.3, -0.25) is 0 Å². The van der Waals surface area contributed by atoms with E-state index < -0.39 is 0 Å². The van der Waals surface area contributed by atoms with E-state index in [0.717, 1.165) is 16.9 Å². The monoisotopic (exact) mass is 255 g/mol. The zero-order valence-electron chi connectivity index (χ0n) is 11.2. The first-order chi connectivity index (χ1) is 9.29. The minimum absolute atomic E-state index is 0.430. The largest absolute Gasteiger partial charge is 0.497 e. The summed E-state index contributed by atoms with van der Waals surface area (Å²) in [5.41, 5.74) is 3.27. The maximum atomic E-state index is 5.29. The standard InChI is InChI=1S/C16H17NO2/c1-13-6-3-4-8-15(13)11-17-19-12-14-7-5-9-16(10-14)18-2/h3-11H,12H2,1-2H3. The molecule has 0 spiro atoms. The molecule has 0 aliphatic carbocycles. The summed E-state index contributed by atoms with van der Waals surface area (Å²) in [5, 5.41) is 3.99. The molecule has 0 fully saturated rings. The molecule has 0 atom stereocenters. The number of methoxy groups -OCH3 is 1.